The van der Waals surface area contributed by atoms with Gasteiger partial charge in [0.1, 0.15) is 6.07 Å². The molecule has 0 heterocycles. The predicted molar refractivity (Wildman–Crippen MR) is 74.7 cm³/mol. The normalized spacial score (nSPS) is 9.68. The molecule has 2 aromatic carbocycles. The molecule has 0 saturated heterocycles. The number of nitriles is 1. The van der Waals surface area contributed by atoms with Crippen LogP contribution in [-0.4, -0.2) is 13.0 Å². The molecule has 3 nitrogen and oxygen atoms in total. The summed E-state index contributed by atoms with van der Waals surface area (Å²) in [5.74, 6) is -0.0334. The molecule has 0 N–H and O–H groups in total. The average Bonchev–Trinajstić information content (AvgIpc) is 2.47. The Morgan fingerprint density at radius 3 is 2.42 bits per heavy atom. The SMILES string of the molecule is CN(C(=O)Cc1ccccc1)c1ccccc1C#N. The van der Waals surface area contributed by atoms with Gasteiger partial charge < -0.3 is 4.90 Å². The van der Waals surface area contributed by atoms with Crippen molar-refractivity contribution >= 4 is 11.6 Å². The van der Waals surface area contributed by atoms with Gasteiger partial charge in [0, 0.05) is 7.05 Å². The number of rotatable bonds is 3. The van der Waals surface area contributed by atoms with E-state index in [9.17, 15) is 4.79 Å². The number of hydrogen-bond donors (Lipinski definition) is 0. The first-order valence-corrected chi connectivity index (χ1v) is 6.02. The maximum absolute atomic E-state index is 12.2. The second kappa shape index (κ2) is 5.83. The molecule has 2 aromatic rings. The van der Waals surface area contributed by atoms with E-state index < -0.39 is 0 Å². The quantitative estimate of drug-likeness (QED) is 0.840. The zero-order valence-corrected chi connectivity index (χ0v) is 10.7. The van der Waals surface area contributed by atoms with Crippen LogP contribution in [0, 0.1) is 11.3 Å². The average molecular weight is 250 g/mol. The van der Waals surface area contributed by atoms with Crippen LogP contribution in [0.15, 0.2) is 54.6 Å². The fourth-order valence-corrected chi connectivity index (χ4v) is 1.88. The Kier molecular flexibility index (Phi) is 3.94. The van der Waals surface area contributed by atoms with Gasteiger partial charge in [0.25, 0.3) is 0 Å². The highest BCUT2D eigenvalue weighted by Gasteiger charge is 2.14. The number of hydrogen-bond acceptors (Lipinski definition) is 2. The lowest BCUT2D eigenvalue weighted by Gasteiger charge is -2.18. The Hall–Kier alpha value is -2.60. The van der Waals surface area contributed by atoms with Crippen molar-refractivity contribution in [3.63, 3.8) is 0 Å². The summed E-state index contributed by atoms with van der Waals surface area (Å²) < 4.78 is 0. The lowest BCUT2D eigenvalue weighted by Crippen LogP contribution is -2.28. The third-order valence-corrected chi connectivity index (χ3v) is 2.96. The largest absolute Gasteiger partial charge is 0.314 e. The highest BCUT2D eigenvalue weighted by molar-refractivity contribution is 5.95. The molecular formula is C16H14N2O. The summed E-state index contributed by atoms with van der Waals surface area (Å²) in [6.45, 7) is 0. The maximum Gasteiger partial charge on any atom is 0.231 e. The minimum Gasteiger partial charge on any atom is -0.314 e. The zero-order chi connectivity index (χ0) is 13.7. The first kappa shape index (κ1) is 12.8. The fraction of sp³-hybridized carbons (Fsp3) is 0.125. The first-order valence-electron chi connectivity index (χ1n) is 6.02. The summed E-state index contributed by atoms with van der Waals surface area (Å²) >= 11 is 0. The molecule has 0 fully saturated rings. The molecule has 0 spiro atoms. The van der Waals surface area contributed by atoms with Gasteiger partial charge in [0.05, 0.1) is 17.7 Å². The molecule has 0 saturated carbocycles. The van der Waals surface area contributed by atoms with Gasteiger partial charge >= 0.3 is 0 Å². The number of likely N-dealkylation sites (N-methyl/N-ethyl adjacent to an activating group) is 1. The van der Waals surface area contributed by atoms with Crippen molar-refractivity contribution in [2.45, 2.75) is 6.42 Å². The van der Waals surface area contributed by atoms with E-state index in [-0.39, 0.29) is 5.91 Å². The lowest BCUT2D eigenvalue weighted by molar-refractivity contribution is -0.117. The Labute approximate surface area is 112 Å². The highest BCUT2D eigenvalue weighted by Crippen LogP contribution is 2.19. The van der Waals surface area contributed by atoms with Crippen molar-refractivity contribution in [1.29, 1.82) is 5.26 Å². The van der Waals surface area contributed by atoms with Crippen LogP contribution in [0.3, 0.4) is 0 Å². The van der Waals surface area contributed by atoms with Gasteiger partial charge in [-0.3, -0.25) is 4.79 Å². The van der Waals surface area contributed by atoms with Crippen molar-refractivity contribution < 1.29 is 4.79 Å². The highest BCUT2D eigenvalue weighted by atomic mass is 16.2. The topological polar surface area (TPSA) is 44.1 Å². The third kappa shape index (κ3) is 2.99. The first-order chi connectivity index (χ1) is 9.22. The van der Waals surface area contributed by atoms with Gasteiger partial charge in [0.15, 0.2) is 0 Å². The van der Waals surface area contributed by atoms with Gasteiger partial charge in [-0.25, -0.2) is 0 Å². The monoisotopic (exact) mass is 250 g/mol. The fourth-order valence-electron chi connectivity index (χ4n) is 1.88. The van der Waals surface area contributed by atoms with Crippen molar-refractivity contribution in [3.05, 3.63) is 65.7 Å². The summed E-state index contributed by atoms with van der Waals surface area (Å²) in [6.07, 6.45) is 0.330. The smallest absolute Gasteiger partial charge is 0.231 e. The minimum absolute atomic E-state index is 0.0334. The van der Waals surface area contributed by atoms with Crippen LogP contribution in [0.2, 0.25) is 0 Å². The van der Waals surface area contributed by atoms with E-state index in [2.05, 4.69) is 6.07 Å². The molecule has 0 aliphatic carbocycles. The van der Waals surface area contributed by atoms with Crippen LogP contribution in [0.4, 0.5) is 5.69 Å². The molecule has 0 bridgehead atoms. The number of amides is 1. The van der Waals surface area contributed by atoms with E-state index in [0.717, 1.165) is 5.56 Å². The zero-order valence-electron chi connectivity index (χ0n) is 10.7. The molecule has 1 amide bonds. The molecule has 94 valence electrons. The van der Waals surface area contributed by atoms with Gasteiger partial charge in [-0.15, -0.1) is 0 Å². The second-order valence-electron chi connectivity index (χ2n) is 4.24. The molecule has 0 aliphatic rings. The number of carbonyl (C=O) groups excluding carboxylic acids is 1. The third-order valence-electron chi connectivity index (χ3n) is 2.96. The van der Waals surface area contributed by atoms with E-state index in [1.54, 1.807) is 25.2 Å². The Balaban J connectivity index is 2.18. The van der Waals surface area contributed by atoms with Crippen molar-refractivity contribution in [1.82, 2.24) is 0 Å². The molecule has 0 atom stereocenters. The minimum atomic E-state index is -0.0334. The second-order valence-corrected chi connectivity index (χ2v) is 4.24. The van der Waals surface area contributed by atoms with Gasteiger partial charge in [-0.05, 0) is 17.7 Å². The predicted octanol–water partition coefficient (Wildman–Crippen LogP) is 2.76. The van der Waals surface area contributed by atoms with Crippen molar-refractivity contribution in [2.24, 2.45) is 0 Å². The molecule has 0 aliphatic heterocycles. The van der Waals surface area contributed by atoms with Crippen LogP contribution < -0.4 is 4.90 Å². The molecule has 0 aromatic heterocycles. The lowest BCUT2D eigenvalue weighted by atomic mass is 10.1. The summed E-state index contributed by atoms with van der Waals surface area (Å²) in [7, 11) is 1.70. The summed E-state index contributed by atoms with van der Waals surface area (Å²) in [5, 5.41) is 9.05. The van der Waals surface area contributed by atoms with Crippen LogP contribution in [0.1, 0.15) is 11.1 Å². The maximum atomic E-state index is 12.2. The molecule has 0 unspecified atom stereocenters. The van der Waals surface area contributed by atoms with Crippen molar-refractivity contribution in [2.75, 3.05) is 11.9 Å². The number of anilines is 1. The summed E-state index contributed by atoms with van der Waals surface area (Å²) in [5.41, 5.74) is 2.12. The number of para-hydroxylation sites is 1. The summed E-state index contributed by atoms with van der Waals surface area (Å²) in [4.78, 5) is 13.7. The van der Waals surface area contributed by atoms with Crippen LogP contribution in [-0.2, 0) is 11.2 Å². The van der Waals surface area contributed by atoms with E-state index in [1.165, 1.54) is 4.90 Å². The molecule has 19 heavy (non-hydrogen) atoms. The standard InChI is InChI=1S/C16H14N2O/c1-18(15-10-6-5-9-14(15)12-17)16(19)11-13-7-3-2-4-8-13/h2-10H,11H2,1H3. The number of nitrogens with zero attached hydrogens (tertiary/aromatic N) is 2. The van der Waals surface area contributed by atoms with Crippen LogP contribution >= 0.6 is 0 Å². The molecule has 3 heteroatoms. The van der Waals surface area contributed by atoms with Gasteiger partial charge in [0.2, 0.25) is 5.91 Å². The molecule has 0 radical (unpaired) electrons. The van der Waals surface area contributed by atoms with Crippen molar-refractivity contribution in [3.8, 4) is 6.07 Å². The van der Waals surface area contributed by atoms with E-state index in [4.69, 9.17) is 5.26 Å². The number of carbonyl (C=O) groups is 1. The Morgan fingerprint density at radius 2 is 1.74 bits per heavy atom. The number of benzene rings is 2. The van der Waals surface area contributed by atoms with Gasteiger partial charge in [-0.2, -0.15) is 5.26 Å². The van der Waals surface area contributed by atoms with Crippen LogP contribution in [0.25, 0.3) is 0 Å². The Morgan fingerprint density at radius 1 is 1.11 bits per heavy atom. The molecule has 2 rings (SSSR count). The van der Waals surface area contributed by atoms with E-state index in [1.807, 2.05) is 36.4 Å². The Bertz CT molecular complexity index is 614. The van der Waals surface area contributed by atoms with Crippen LogP contribution in [0.5, 0.6) is 0 Å². The van der Waals surface area contributed by atoms with Gasteiger partial charge in [-0.1, -0.05) is 42.5 Å². The molecular weight excluding hydrogens is 236 g/mol. The van der Waals surface area contributed by atoms with E-state index >= 15 is 0 Å². The van der Waals surface area contributed by atoms with E-state index in [0.29, 0.717) is 17.7 Å². The summed E-state index contributed by atoms with van der Waals surface area (Å²) in [6, 6.07) is 18.8.